The largest absolute Gasteiger partial charge is 0.447 e. The highest BCUT2D eigenvalue weighted by Gasteiger charge is 2.25. The Bertz CT molecular complexity index is 925. The van der Waals surface area contributed by atoms with Gasteiger partial charge in [-0.15, -0.1) is 0 Å². The Kier molecular flexibility index (Phi) is 3.05. The molecular formula is C14H11ClN6O2. The minimum atomic E-state index is -0.422. The Morgan fingerprint density at radius 1 is 1.26 bits per heavy atom. The summed E-state index contributed by atoms with van der Waals surface area (Å²) in [5.41, 5.74) is 7.52. The van der Waals surface area contributed by atoms with Crippen LogP contribution in [0.2, 0.25) is 0 Å². The number of nitrogens with zero attached hydrogens (tertiary/aromatic N) is 5. The molecular weight excluding hydrogens is 320 g/mol. The molecule has 0 radical (unpaired) electrons. The van der Waals surface area contributed by atoms with Crippen LogP contribution in [0.1, 0.15) is 0 Å². The van der Waals surface area contributed by atoms with Gasteiger partial charge < -0.3 is 10.5 Å². The van der Waals surface area contributed by atoms with Crippen LogP contribution in [-0.4, -0.2) is 38.3 Å². The molecule has 0 aromatic carbocycles. The third-order valence-electron chi connectivity index (χ3n) is 3.55. The van der Waals surface area contributed by atoms with Crippen molar-refractivity contribution in [1.82, 2.24) is 19.0 Å². The first-order valence-corrected chi connectivity index (χ1v) is 7.20. The molecule has 116 valence electrons. The first kappa shape index (κ1) is 13.8. The van der Waals surface area contributed by atoms with Crippen LogP contribution in [0.3, 0.4) is 0 Å². The molecule has 0 aliphatic carbocycles. The van der Waals surface area contributed by atoms with Crippen molar-refractivity contribution >= 4 is 40.7 Å². The van der Waals surface area contributed by atoms with Gasteiger partial charge in [-0.25, -0.2) is 23.8 Å². The number of carbonyl (C=O) groups excluding carboxylic acids is 1. The standard InChI is InChI=1S/C14H11ClN6O2/c15-21-12(8-2-1-5-17-11(8)16)18-9-3-4-10(19-13(9)21)20-6-7-23-14(20)22/h1-5H,6-7H2,(H2,16,17). The van der Waals surface area contributed by atoms with Crippen LogP contribution in [0.25, 0.3) is 22.6 Å². The van der Waals surface area contributed by atoms with Gasteiger partial charge in [-0.2, -0.15) is 0 Å². The first-order chi connectivity index (χ1) is 11.1. The van der Waals surface area contributed by atoms with Gasteiger partial charge in [0.1, 0.15) is 23.8 Å². The van der Waals surface area contributed by atoms with E-state index in [1.165, 1.54) is 8.99 Å². The first-order valence-electron chi connectivity index (χ1n) is 6.86. The number of nitrogen functional groups attached to an aromatic ring is 1. The molecule has 23 heavy (non-hydrogen) atoms. The highest BCUT2D eigenvalue weighted by molar-refractivity contribution is 6.20. The monoisotopic (exact) mass is 330 g/mol. The molecule has 8 nitrogen and oxygen atoms in total. The van der Waals surface area contributed by atoms with Crippen molar-refractivity contribution in [1.29, 1.82) is 0 Å². The number of amides is 1. The molecule has 1 amide bonds. The molecule has 4 rings (SSSR count). The van der Waals surface area contributed by atoms with E-state index in [0.29, 0.717) is 47.3 Å². The van der Waals surface area contributed by atoms with E-state index in [-0.39, 0.29) is 0 Å². The van der Waals surface area contributed by atoms with Gasteiger partial charge in [0.15, 0.2) is 11.5 Å². The molecule has 9 heteroatoms. The second-order valence-electron chi connectivity index (χ2n) is 4.93. The lowest BCUT2D eigenvalue weighted by molar-refractivity contribution is 0.181. The molecule has 2 N–H and O–H groups in total. The van der Waals surface area contributed by atoms with Gasteiger partial charge in [-0.05, 0) is 24.3 Å². The van der Waals surface area contributed by atoms with E-state index >= 15 is 0 Å². The lowest BCUT2D eigenvalue weighted by Crippen LogP contribution is -2.24. The van der Waals surface area contributed by atoms with Crippen molar-refractivity contribution in [2.45, 2.75) is 0 Å². The molecule has 3 aromatic rings. The number of halogens is 1. The summed E-state index contributed by atoms with van der Waals surface area (Å²) in [5.74, 6) is 1.24. The summed E-state index contributed by atoms with van der Waals surface area (Å²) in [7, 11) is 0. The molecule has 0 unspecified atom stereocenters. The Hall–Kier alpha value is -2.87. The van der Waals surface area contributed by atoms with Gasteiger partial charge in [0.05, 0.1) is 12.1 Å². The second kappa shape index (κ2) is 5.10. The fraction of sp³-hybridized carbons (Fsp3) is 0.143. The lowest BCUT2D eigenvalue weighted by atomic mass is 10.2. The number of aromatic nitrogens is 4. The molecule has 0 atom stereocenters. The number of hydrogen-bond acceptors (Lipinski definition) is 6. The summed E-state index contributed by atoms with van der Waals surface area (Å²) in [6.07, 6.45) is 1.17. The van der Waals surface area contributed by atoms with Crippen LogP contribution in [0, 0.1) is 0 Å². The number of rotatable bonds is 2. The summed E-state index contributed by atoms with van der Waals surface area (Å²) < 4.78 is 6.23. The predicted octanol–water partition coefficient (Wildman–Crippen LogP) is 2.03. The highest BCUT2D eigenvalue weighted by atomic mass is 35.5. The number of nitrogens with two attached hydrogens (primary N) is 1. The van der Waals surface area contributed by atoms with E-state index < -0.39 is 6.09 Å². The van der Waals surface area contributed by atoms with Crippen LogP contribution in [-0.2, 0) is 4.74 Å². The van der Waals surface area contributed by atoms with Gasteiger partial charge in [-0.3, -0.25) is 4.90 Å². The quantitative estimate of drug-likeness (QED) is 0.771. The summed E-state index contributed by atoms with van der Waals surface area (Å²) >= 11 is 6.35. The smallest absolute Gasteiger partial charge is 0.415 e. The summed E-state index contributed by atoms with van der Waals surface area (Å²) in [6.45, 7) is 0.798. The summed E-state index contributed by atoms with van der Waals surface area (Å²) in [4.78, 5) is 26.0. The minimum absolute atomic E-state index is 0.327. The van der Waals surface area contributed by atoms with Gasteiger partial charge in [0, 0.05) is 18.0 Å². The zero-order valence-electron chi connectivity index (χ0n) is 11.8. The fourth-order valence-corrected chi connectivity index (χ4v) is 2.70. The molecule has 4 heterocycles. The predicted molar refractivity (Wildman–Crippen MR) is 85.1 cm³/mol. The van der Waals surface area contributed by atoms with Crippen molar-refractivity contribution in [3.05, 3.63) is 30.5 Å². The van der Waals surface area contributed by atoms with Gasteiger partial charge in [-0.1, -0.05) is 0 Å². The number of imidazole rings is 1. The van der Waals surface area contributed by atoms with Crippen LogP contribution in [0.4, 0.5) is 16.4 Å². The maximum absolute atomic E-state index is 11.7. The SMILES string of the molecule is Nc1ncccc1-c1nc2ccc(N3CCOC3=O)nc2n1Cl. The number of anilines is 2. The molecule has 0 bridgehead atoms. The number of carbonyl (C=O) groups is 1. The van der Waals surface area contributed by atoms with E-state index in [2.05, 4.69) is 15.0 Å². The minimum Gasteiger partial charge on any atom is -0.447 e. The Morgan fingerprint density at radius 2 is 2.13 bits per heavy atom. The highest BCUT2D eigenvalue weighted by Crippen LogP contribution is 2.29. The topological polar surface area (TPSA) is 99.2 Å². The number of fused-ring (bicyclic) bond motifs is 1. The van der Waals surface area contributed by atoms with Gasteiger partial charge in [0.2, 0.25) is 0 Å². The van der Waals surface area contributed by atoms with E-state index in [4.69, 9.17) is 22.2 Å². The van der Waals surface area contributed by atoms with E-state index in [1.807, 2.05) is 0 Å². The zero-order chi connectivity index (χ0) is 16.0. The maximum atomic E-state index is 11.7. The van der Waals surface area contributed by atoms with Gasteiger partial charge >= 0.3 is 6.09 Å². The number of cyclic esters (lactones) is 1. The van der Waals surface area contributed by atoms with Crippen molar-refractivity contribution in [3.63, 3.8) is 0 Å². The van der Waals surface area contributed by atoms with Crippen molar-refractivity contribution in [2.75, 3.05) is 23.8 Å². The average Bonchev–Trinajstić information content (AvgIpc) is 3.12. The normalized spacial score (nSPS) is 14.5. The molecule has 1 fully saturated rings. The fourth-order valence-electron chi connectivity index (χ4n) is 2.45. The average molecular weight is 331 g/mol. The zero-order valence-corrected chi connectivity index (χ0v) is 12.6. The number of ether oxygens (including phenoxy) is 1. The maximum Gasteiger partial charge on any atom is 0.415 e. The molecule has 0 spiro atoms. The third kappa shape index (κ3) is 2.15. The van der Waals surface area contributed by atoms with Crippen molar-refractivity contribution < 1.29 is 9.53 Å². The third-order valence-corrected chi connectivity index (χ3v) is 3.88. The van der Waals surface area contributed by atoms with Crippen molar-refractivity contribution in [2.24, 2.45) is 0 Å². The van der Waals surface area contributed by atoms with Crippen LogP contribution in [0.5, 0.6) is 0 Å². The van der Waals surface area contributed by atoms with Crippen molar-refractivity contribution in [3.8, 4) is 11.4 Å². The molecule has 3 aromatic heterocycles. The number of pyridine rings is 2. The second-order valence-corrected chi connectivity index (χ2v) is 5.27. The number of hydrogen-bond donors (Lipinski definition) is 1. The molecule has 1 aliphatic heterocycles. The van der Waals surface area contributed by atoms with E-state index in [9.17, 15) is 4.79 Å². The van der Waals surface area contributed by atoms with E-state index in [0.717, 1.165) is 0 Å². The Labute approximate surface area is 135 Å². The molecule has 0 saturated carbocycles. The lowest BCUT2D eigenvalue weighted by Gasteiger charge is -2.10. The Morgan fingerprint density at radius 3 is 2.87 bits per heavy atom. The van der Waals surface area contributed by atoms with Crippen LogP contribution < -0.4 is 10.6 Å². The van der Waals surface area contributed by atoms with Crippen LogP contribution in [0.15, 0.2) is 30.5 Å². The van der Waals surface area contributed by atoms with Gasteiger partial charge in [0.25, 0.3) is 0 Å². The molecule has 1 saturated heterocycles. The summed E-state index contributed by atoms with van der Waals surface area (Å²) in [5, 5.41) is 0. The summed E-state index contributed by atoms with van der Waals surface area (Å²) in [6, 6.07) is 6.98. The van der Waals surface area contributed by atoms with E-state index in [1.54, 1.807) is 30.5 Å². The molecule has 1 aliphatic rings. The Balaban J connectivity index is 1.85. The van der Waals surface area contributed by atoms with Crippen LogP contribution >= 0.6 is 11.8 Å².